The second kappa shape index (κ2) is 11.2. The van der Waals surface area contributed by atoms with E-state index in [0.717, 1.165) is 36.7 Å². The van der Waals surface area contributed by atoms with E-state index in [2.05, 4.69) is 43.2 Å². The Morgan fingerprint density at radius 2 is 1.80 bits per heavy atom. The molecule has 1 aromatic heterocycles. The van der Waals surface area contributed by atoms with E-state index in [9.17, 15) is 5.11 Å². The van der Waals surface area contributed by atoms with Crippen molar-refractivity contribution in [1.82, 2.24) is 15.5 Å². The lowest BCUT2D eigenvalue weighted by Crippen LogP contribution is -2.56. The quantitative estimate of drug-likeness (QED) is 0.282. The van der Waals surface area contributed by atoms with Gasteiger partial charge in [-0.15, -0.1) is 24.0 Å². The van der Waals surface area contributed by atoms with Crippen LogP contribution in [0.25, 0.3) is 0 Å². The Hall–Kier alpha value is -0.840. The van der Waals surface area contributed by atoms with Crippen LogP contribution in [0.1, 0.15) is 58.6 Å². The molecule has 0 bridgehead atoms. The van der Waals surface area contributed by atoms with Crippen LogP contribution in [0.15, 0.2) is 15.5 Å². The number of ether oxygens (including phenoxy) is 1. The molecule has 1 aliphatic rings. The van der Waals surface area contributed by atoms with Crippen molar-refractivity contribution in [2.45, 2.75) is 78.7 Å². The Kier molecular flexibility index (Phi) is 10.1. The van der Waals surface area contributed by atoms with Gasteiger partial charge in [-0.3, -0.25) is 9.89 Å². The first-order chi connectivity index (χ1) is 13.4. The van der Waals surface area contributed by atoms with Crippen LogP contribution in [0.2, 0.25) is 0 Å². The molecular formula is C22H41IN4O3. The second-order valence-electron chi connectivity index (χ2n) is 9.12. The van der Waals surface area contributed by atoms with Crippen LogP contribution in [0.4, 0.5) is 0 Å². The summed E-state index contributed by atoms with van der Waals surface area (Å²) in [7, 11) is 0. The maximum atomic E-state index is 11.0. The van der Waals surface area contributed by atoms with Crippen LogP contribution in [-0.4, -0.2) is 66.4 Å². The molecule has 30 heavy (non-hydrogen) atoms. The standard InChI is InChI=1S/C22H40N4O3.HI/c1-9-23-20(25-14-22(8,27)19-10-15(2)29-18(19)5)24-13-21(6,7)26-11-16(3)28-17(4)12-26;/h10,16-17,27H,9,11-14H2,1-8H3,(H2,23,24,25);1H. The van der Waals surface area contributed by atoms with Gasteiger partial charge < -0.3 is 24.9 Å². The zero-order chi connectivity index (χ0) is 21.8. The summed E-state index contributed by atoms with van der Waals surface area (Å²) in [4.78, 5) is 7.26. The number of nitrogens with one attached hydrogen (secondary N) is 2. The largest absolute Gasteiger partial charge is 0.466 e. The number of aryl methyl sites for hydroxylation is 2. The number of hydrogen-bond donors (Lipinski definition) is 3. The lowest BCUT2D eigenvalue weighted by molar-refractivity contribution is -0.0939. The van der Waals surface area contributed by atoms with Crippen molar-refractivity contribution >= 4 is 29.9 Å². The normalized spacial score (nSPS) is 22.9. The predicted octanol–water partition coefficient (Wildman–Crippen LogP) is 3.16. The highest BCUT2D eigenvalue weighted by atomic mass is 127. The van der Waals surface area contributed by atoms with Crippen molar-refractivity contribution in [3.63, 3.8) is 0 Å². The summed E-state index contributed by atoms with van der Waals surface area (Å²) in [6.07, 6.45) is 0.454. The third-order valence-corrected chi connectivity index (χ3v) is 5.47. The van der Waals surface area contributed by atoms with E-state index in [1.54, 1.807) is 6.92 Å². The zero-order valence-electron chi connectivity index (χ0n) is 19.8. The SMILES string of the molecule is CCNC(=NCC(C)(C)N1CC(C)OC(C)C1)NCC(C)(O)c1cc(C)oc1C.I. The molecule has 3 unspecified atom stereocenters. The Morgan fingerprint density at radius 1 is 1.20 bits per heavy atom. The topological polar surface area (TPSA) is 82.3 Å². The van der Waals surface area contributed by atoms with Crippen molar-refractivity contribution < 1.29 is 14.3 Å². The Morgan fingerprint density at radius 3 is 2.30 bits per heavy atom. The fourth-order valence-corrected chi connectivity index (χ4v) is 3.90. The molecule has 2 heterocycles. The van der Waals surface area contributed by atoms with Crippen LogP contribution in [-0.2, 0) is 10.3 Å². The first kappa shape index (κ1) is 27.2. The highest BCUT2D eigenvalue weighted by molar-refractivity contribution is 14.0. The summed E-state index contributed by atoms with van der Waals surface area (Å²) in [6, 6.07) is 1.89. The highest BCUT2D eigenvalue weighted by Crippen LogP contribution is 2.26. The number of nitrogens with zero attached hydrogens (tertiary/aromatic N) is 2. The molecule has 0 amide bonds. The molecule has 0 saturated carbocycles. The molecule has 2 rings (SSSR count). The average molecular weight is 536 g/mol. The molecule has 0 spiro atoms. The first-order valence-electron chi connectivity index (χ1n) is 10.7. The van der Waals surface area contributed by atoms with Crippen molar-refractivity contribution in [1.29, 1.82) is 0 Å². The van der Waals surface area contributed by atoms with Gasteiger partial charge in [0.05, 0.1) is 25.3 Å². The molecule has 8 heteroatoms. The minimum Gasteiger partial charge on any atom is -0.466 e. The van der Waals surface area contributed by atoms with Gasteiger partial charge in [-0.1, -0.05) is 0 Å². The van der Waals surface area contributed by atoms with Crippen molar-refractivity contribution in [2.75, 3.05) is 32.7 Å². The number of furan rings is 1. The molecule has 0 aliphatic carbocycles. The van der Waals surface area contributed by atoms with Gasteiger partial charge in [0.25, 0.3) is 0 Å². The number of hydrogen-bond acceptors (Lipinski definition) is 5. The van der Waals surface area contributed by atoms with E-state index >= 15 is 0 Å². The average Bonchev–Trinajstić information content (AvgIpc) is 2.96. The molecule has 3 N–H and O–H groups in total. The summed E-state index contributed by atoms with van der Waals surface area (Å²) < 4.78 is 11.4. The first-order valence-corrected chi connectivity index (χ1v) is 10.7. The molecule has 7 nitrogen and oxygen atoms in total. The van der Waals surface area contributed by atoms with E-state index in [4.69, 9.17) is 14.1 Å². The van der Waals surface area contributed by atoms with E-state index in [-0.39, 0.29) is 41.7 Å². The van der Waals surface area contributed by atoms with Gasteiger partial charge in [0.15, 0.2) is 5.96 Å². The van der Waals surface area contributed by atoms with Crippen LogP contribution < -0.4 is 10.6 Å². The van der Waals surface area contributed by atoms with E-state index < -0.39 is 5.60 Å². The Balaban J connectivity index is 0.00000450. The highest BCUT2D eigenvalue weighted by Gasteiger charge is 2.33. The minimum atomic E-state index is -1.05. The molecule has 0 radical (unpaired) electrons. The van der Waals surface area contributed by atoms with Crippen LogP contribution in [0, 0.1) is 13.8 Å². The molecule has 1 saturated heterocycles. The summed E-state index contributed by atoms with van der Waals surface area (Å²) in [5.41, 5.74) is -0.340. The maximum Gasteiger partial charge on any atom is 0.191 e. The molecule has 1 aliphatic heterocycles. The smallest absolute Gasteiger partial charge is 0.191 e. The third-order valence-electron chi connectivity index (χ3n) is 5.47. The van der Waals surface area contributed by atoms with Crippen molar-refractivity contribution in [2.24, 2.45) is 4.99 Å². The molecule has 174 valence electrons. The van der Waals surface area contributed by atoms with Gasteiger partial charge >= 0.3 is 0 Å². The van der Waals surface area contributed by atoms with Crippen molar-refractivity contribution in [3.05, 3.63) is 23.2 Å². The van der Waals surface area contributed by atoms with Gasteiger partial charge in [-0.05, 0) is 61.5 Å². The number of morpholine rings is 1. The Labute approximate surface area is 199 Å². The van der Waals surface area contributed by atoms with Gasteiger partial charge in [0.2, 0.25) is 0 Å². The zero-order valence-corrected chi connectivity index (χ0v) is 22.2. The monoisotopic (exact) mass is 536 g/mol. The predicted molar refractivity (Wildman–Crippen MR) is 133 cm³/mol. The lowest BCUT2D eigenvalue weighted by Gasteiger charge is -2.44. The number of halogens is 1. The minimum absolute atomic E-state index is 0. The molecule has 1 aromatic rings. The van der Waals surface area contributed by atoms with Gasteiger partial charge in [-0.25, -0.2) is 0 Å². The fourth-order valence-electron chi connectivity index (χ4n) is 3.90. The summed E-state index contributed by atoms with van der Waals surface area (Å²) in [5, 5.41) is 17.5. The molecule has 0 aromatic carbocycles. The number of rotatable bonds is 7. The summed E-state index contributed by atoms with van der Waals surface area (Å²) in [5.74, 6) is 2.25. The van der Waals surface area contributed by atoms with Gasteiger partial charge in [0.1, 0.15) is 17.1 Å². The van der Waals surface area contributed by atoms with Gasteiger partial charge in [0, 0.05) is 30.7 Å². The molecular weight excluding hydrogens is 495 g/mol. The van der Waals surface area contributed by atoms with Crippen LogP contribution >= 0.6 is 24.0 Å². The van der Waals surface area contributed by atoms with E-state index in [0.29, 0.717) is 19.0 Å². The number of aliphatic hydroxyl groups is 1. The van der Waals surface area contributed by atoms with Gasteiger partial charge in [-0.2, -0.15) is 0 Å². The maximum absolute atomic E-state index is 11.0. The molecule has 3 atom stereocenters. The van der Waals surface area contributed by atoms with Crippen LogP contribution in [0.5, 0.6) is 0 Å². The summed E-state index contributed by atoms with van der Waals surface area (Å²) in [6.45, 7) is 19.8. The third kappa shape index (κ3) is 7.39. The summed E-state index contributed by atoms with van der Waals surface area (Å²) >= 11 is 0. The van der Waals surface area contributed by atoms with Crippen molar-refractivity contribution in [3.8, 4) is 0 Å². The van der Waals surface area contributed by atoms with E-state index in [1.807, 2.05) is 26.8 Å². The number of guanidine groups is 1. The Bertz CT molecular complexity index is 693. The molecule has 1 fully saturated rings. The second-order valence-corrected chi connectivity index (χ2v) is 9.12. The van der Waals surface area contributed by atoms with Crippen LogP contribution in [0.3, 0.4) is 0 Å². The fraction of sp³-hybridized carbons (Fsp3) is 0.773. The number of aliphatic imine (C=N–C) groups is 1. The lowest BCUT2D eigenvalue weighted by atomic mass is 9.96. The van der Waals surface area contributed by atoms with E-state index in [1.165, 1.54) is 0 Å².